The van der Waals surface area contributed by atoms with Crippen molar-refractivity contribution in [1.82, 2.24) is 36.9 Å². The van der Waals surface area contributed by atoms with Gasteiger partial charge in [-0.3, -0.25) is 38.6 Å². The van der Waals surface area contributed by atoms with Gasteiger partial charge in [-0.15, -0.1) is 0 Å². The molecule has 0 aliphatic carbocycles. The van der Waals surface area contributed by atoms with Gasteiger partial charge in [0, 0.05) is 17.4 Å². The highest BCUT2D eigenvalue weighted by atomic mass is 16.2. The lowest BCUT2D eigenvalue weighted by atomic mass is 9.96. The largest absolute Gasteiger partial charge is 0.370 e. The molecule has 0 spiro atoms. The van der Waals surface area contributed by atoms with Gasteiger partial charge in [0.1, 0.15) is 35.9 Å². The summed E-state index contributed by atoms with van der Waals surface area (Å²) in [6, 6.07) is 3.90. The van der Waals surface area contributed by atoms with Crippen LogP contribution in [0.4, 0.5) is 0 Å². The van der Waals surface area contributed by atoms with Crippen LogP contribution in [0.5, 0.6) is 0 Å². The maximum absolute atomic E-state index is 13.7. The van der Waals surface area contributed by atoms with Crippen LogP contribution in [0.1, 0.15) is 104 Å². The Morgan fingerprint density at radius 3 is 1.76 bits per heavy atom. The molecule has 0 radical (unpaired) electrons. The maximum Gasteiger partial charge on any atom is 0.268 e. The van der Waals surface area contributed by atoms with Gasteiger partial charge < -0.3 is 54.1 Å². The van der Waals surface area contributed by atoms with E-state index in [1.54, 1.807) is 19.9 Å². The molecule has 0 aliphatic rings. The van der Waals surface area contributed by atoms with Gasteiger partial charge in [-0.05, 0) is 61.5 Å². The van der Waals surface area contributed by atoms with Crippen molar-refractivity contribution in [2.45, 2.75) is 124 Å². The predicted molar refractivity (Wildman–Crippen MR) is 227 cm³/mol. The Bertz CT molecular complexity index is 1740. The SMILES string of the molecule is CC[C@H](C)[C@H](NC(=O)[C@H](CC(C)C)NC(=O)[C@H](CCCN=C(N)N)NC(=O)CNC(=O)[C@@H](NC(=O)[C@H](CC(C)C)NC(=O)c1cc2ccccc2[nH]1)[C@@H](C)CC)C(N)=O. The fraction of sp³-hybridized carbons (Fsp3) is 0.610. The van der Waals surface area contributed by atoms with Crippen LogP contribution < -0.4 is 49.1 Å². The van der Waals surface area contributed by atoms with Crippen LogP contribution >= 0.6 is 0 Å². The van der Waals surface area contributed by atoms with E-state index in [4.69, 9.17) is 17.2 Å². The van der Waals surface area contributed by atoms with Crippen LogP contribution in [0, 0.1) is 23.7 Å². The van der Waals surface area contributed by atoms with Crippen molar-refractivity contribution in [3.05, 3.63) is 36.0 Å². The Labute approximate surface area is 347 Å². The number of para-hydroxylation sites is 1. The van der Waals surface area contributed by atoms with Crippen molar-refractivity contribution >= 4 is 58.2 Å². The standard InChI is InChI=1S/C41H67N11O7/c1-9-24(7)33(35(42)54)51-38(57)29(18-22(3)4)49-36(55)28(16-13-17-45-41(43)44)48-32(53)21-46-40(59)34(25(8)10-2)52-39(58)30(19-23(5)6)50-37(56)31-20-26-14-11-12-15-27(26)47-31/h11-12,14-15,20,22-25,28-30,33-34,47H,9-10,13,16-19,21H2,1-8H3,(H2,42,54)(H,46,59)(H,48,53)(H,49,55)(H,50,56)(H,51,57)(H,52,58)(H4,43,44,45)/t24-,25-,28-,29-,30-,33-,34-/m0/s1. The van der Waals surface area contributed by atoms with E-state index >= 15 is 0 Å². The van der Waals surface area contributed by atoms with Crippen molar-refractivity contribution < 1.29 is 33.6 Å². The predicted octanol–water partition coefficient (Wildman–Crippen LogP) is 1.05. The fourth-order valence-corrected chi connectivity index (χ4v) is 6.34. The Kier molecular flexibility index (Phi) is 20.4. The summed E-state index contributed by atoms with van der Waals surface area (Å²) in [7, 11) is 0. The van der Waals surface area contributed by atoms with Gasteiger partial charge >= 0.3 is 0 Å². The van der Waals surface area contributed by atoms with Crippen LogP contribution in [0.25, 0.3) is 10.9 Å². The molecular formula is C41H67N11O7. The highest BCUT2D eigenvalue weighted by Crippen LogP contribution is 2.16. The van der Waals surface area contributed by atoms with Gasteiger partial charge in [0.25, 0.3) is 5.91 Å². The third-order valence-electron chi connectivity index (χ3n) is 10.1. The van der Waals surface area contributed by atoms with Crippen molar-refractivity contribution in [3.63, 3.8) is 0 Å². The number of fused-ring (bicyclic) bond motifs is 1. The fourth-order valence-electron chi connectivity index (χ4n) is 6.34. The van der Waals surface area contributed by atoms with Crippen molar-refractivity contribution in [2.75, 3.05) is 13.1 Å². The van der Waals surface area contributed by atoms with Crippen LogP contribution in [-0.4, -0.2) is 95.6 Å². The number of aromatic amines is 1. The first kappa shape index (κ1) is 49.5. The lowest BCUT2D eigenvalue weighted by Crippen LogP contribution is -2.58. The normalized spacial score (nSPS) is 14.8. The number of benzene rings is 1. The number of carbonyl (C=O) groups excluding carboxylic acids is 7. The second-order valence-corrected chi connectivity index (χ2v) is 16.0. The molecular weight excluding hydrogens is 759 g/mol. The van der Waals surface area contributed by atoms with Crippen LogP contribution in [0.3, 0.4) is 0 Å². The van der Waals surface area contributed by atoms with Gasteiger partial charge in [-0.2, -0.15) is 0 Å². The molecule has 18 heteroatoms. The zero-order chi connectivity index (χ0) is 44.4. The van der Waals surface area contributed by atoms with E-state index in [0.717, 1.165) is 10.9 Å². The summed E-state index contributed by atoms with van der Waals surface area (Å²) in [4.78, 5) is 100. The minimum absolute atomic E-state index is 0.0183. The molecule has 18 nitrogen and oxygen atoms in total. The van der Waals surface area contributed by atoms with E-state index in [1.807, 2.05) is 65.8 Å². The average molecular weight is 826 g/mol. The van der Waals surface area contributed by atoms with E-state index < -0.39 is 78.1 Å². The number of aromatic nitrogens is 1. The molecule has 59 heavy (non-hydrogen) atoms. The number of primary amides is 1. The second-order valence-electron chi connectivity index (χ2n) is 16.0. The molecule has 1 aromatic heterocycles. The van der Waals surface area contributed by atoms with Gasteiger partial charge in [0.15, 0.2) is 5.96 Å². The third-order valence-corrected chi connectivity index (χ3v) is 10.1. The summed E-state index contributed by atoms with van der Waals surface area (Å²) < 4.78 is 0. The molecule has 7 atom stereocenters. The molecule has 2 rings (SSSR count). The summed E-state index contributed by atoms with van der Waals surface area (Å²) in [5.74, 6) is -5.14. The number of nitrogens with one attached hydrogen (secondary N) is 7. The monoisotopic (exact) mass is 826 g/mol. The number of nitrogens with two attached hydrogens (primary N) is 3. The molecule has 0 bridgehead atoms. The van der Waals surface area contributed by atoms with Crippen molar-refractivity contribution in [3.8, 4) is 0 Å². The lowest BCUT2D eigenvalue weighted by molar-refractivity contribution is -0.134. The Morgan fingerprint density at radius 1 is 0.678 bits per heavy atom. The smallest absolute Gasteiger partial charge is 0.268 e. The molecule has 13 N–H and O–H groups in total. The highest BCUT2D eigenvalue weighted by molar-refractivity contribution is 6.01. The molecule has 0 aliphatic heterocycles. The molecule has 0 unspecified atom stereocenters. The zero-order valence-corrected chi connectivity index (χ0v) is 35.8. The third kappa shape index (κ3) is 16.6. The summed E-state index contributed by atoms with van der Waals surface area (Å²) in [5.41, 5.74) is 17.5. The van der Waals surface area contributed by atoms with E-state index in [0.29, 0.717) is 19.3 Å². The number of carbonyl (C=O) groups is 7. The number of hydrogen-bond donors (Lipinski definition) is 10. The number of hydrogen-bond acceptors (Lipinski definition) is 8. The molecule has 0 saturated carbocycles. The second kappa shape index (κ2) is 24.3. The number of H-pyrrole nitrogens is 1. The first-order valence-corrected chi connectivity index (χ1v) is 20.5. The number of nitrogens with zero attached hydrogens (tertiary/aromatic N) is 1. The molecule has 0 fully saturated rings. The van der Waals surface area contributed by atoms with Gasteiger partial charge in [0.2, 0.25) is 35.4 Å². The number of rotatable bonds is 25. The first-order chi connectivity index (χ1) is 27.8. The number of guanidine groups is 1. The summed E-state index contributed by atoms with van der Waals surface area (Å²) in [6.07, 6.45) is 1.94. The average Bonchev–Trinajstić information content (AvgIpc) is 3.62. The Balaban J connectivity index is 2.20. The van der Waals surface area contributed by atoms with Crippen LogP contribution in [-0.2, 0) is 28.8 Å². The van der Waals surface area contributed by atoms with E-state index in [2.05, 4.69) is 41.9 Å². The molecule has 1 heterocycles. The molecule has 7 amide bonds. The summed E-state index contributed by atoms with van der Waals surface area (Å²) in [5, 5.41) is 17.0. The lowest BCUT2D eigenvalue weighted by Gasteiger charge is -2.28. The zero-order valence-electron chi connectivity index (χ0n) is 35.8. The van der Waals surface area contributed by atoms with E-state index in [9.17, 15) is 33.6 Å². The minimum atomic E-state index is -1.17. The molecule has 2 aromatic rings. The number of aliphatic imine (C=N–C) groups is 1. The van der Waals surface area contributed by atoms with E-state index in [1.165, 1.54) is 0 Å². The summed E-state index contributed by atoms with van der Waals surface area (Å²) in [6.45, 7) is 14.4. The van der Waals surface area contributed by atoms with Gasteiger partial charge in [-0.25, -0.2) is 0 Å². The molecule has 328 valence electrons. The topological polar surface area (TPSA) is 298 Å². The highest BCUT2D eigenvalue weighted by Gasteiger charge is 2.33. The maximum atomic E-state index is 13.7. The van der Waals surface area contributed by atoms with Crippen molar-refractivity contribution in [2.24, 2.45) is 45.9 Å². The molecule has 1 aromatic carbocycles. The number of amides is 7. The quantitative estimate of drug-likeness (QED) is 0.0388. The minimum Gasteiger partial charge on any atom is -0.370 e. The van der Waals surface area contributed by atoms with Gasteiger partial charge in [-0.1, -0.05) is 86.4 Å². The van der Waals surface area contributed by atoms with E-state index in [-0.39, 0.29) is 61.1 Å². The van der Waals surface area contributed by atoms with Crippen molar-refractivity contribution in [1.29, 1.82) is 0 Å². The van der Waals surface area contributed by atoms with Gasteiger partial charge in [0.05, 0.1) is 6.54 Å². The van der Waals surface area contributed by atoms with Crippen LogP contribution in [0.15, 0.2) is 35.3 Å². The molecule has 0 saturated heterocycles. The Hall–Kier alpha value is -5.68. The Morgan fingerprint density at radius 2 is 1.22 bits per heavy atom. The summed E-state index contributed by atoms with van der Waals surface area (Å²) >= 11 is 0. The first-order valence-electron chi connectivity index (χ1n) is 20.5. The van der Waals surface area contributed by atoms with Crippen LogP contribution in [0.2, 0.25) is 0 Å².